The van der Waals surface area contributed by atoms with E-state index in [4.69, 9.17) is 10.5 Å². The maximum absolute atomic E-state index is 11.8. The van der Waals surface area contributed by atoms with Gasteiger partial charge in [0.15, 0.2) is 0 Å². The van der Waals surface area contributed by atoms with Gasteiger partial charge in [-0.25, -0.2) is 0 Å². The van der Waals surface area contributed by atoms with E-state index in [-0.39, 0.29) is 0 Å². The molecule has 1 aliphatic heterocycles. The average Bonchev–Trinajstić information content (AvgIpc) is 2.51. The molecule has 0 saturated carbocycles. The van der Waals surface area contributed by atoms with Crippen LogP contribution >= 0.6 is 0 Å². The molecule has 21 heavy (non-hydrogen) atoms. The summed E-state index contributed by atoms with van der Waals surface area (Å²) in [5, 5.41) is 0. The molecule has 114 valence electrons. The Morgan fingerprint density at radius 2 is 1.95 bits per heavy atom. The molecular weight excluding hydrogens is 270 g/mol. The van der Waals surface area contributed by atoms with Gasteiger partial charge in [0.05, 0.1) is 6.61 Å². The molecule has 0 atom stereocenters. The van der Waals surface area contributed by atoms with Crippen LogP contribution in [0.15, 0.2) is 24.3 Å². The normalized spacial score (nSPS) is 15.5. The molecule has 2 N–H and O–H groups in total. The van der Waals surface area contributed by atoms with Gasteiger partial charge in [-0.1, -0.05) is 18.2 Å². The van der Waals surface area contributed by atoms with Crippen molar-refractivity contribution in [3.63, 3.8) is 0 Å². The lowest BCUT2D eigenvalue weighted by molar-refractivity contribution is -0.155. The maximum atomic E-state index is 11.8. The van der Waals surface area contributed by atoms with E-state index in [0.717, 1.165) is 11.3 Å². The van der Waals surface area contributed by atoms with Gasteiger partial charge in [-0.15, -0.1) is 0 Å². The second-order valence-corrected chi connectivity index (χ2v) is 5.03. The van der Waals surface area contributed by atoms with Crippen molar-refractivity contribution in [3.05, 3.63) is 29.8 Å². The van der Waals surface area contributed by atoms with E-state index in [1.54, 1.807) is 11.9 Å². The van der Waals surface area contributed by atoms with Crippen molar-refractivity contribution in [2.24, 2.45) is 5.73 Å². The van der Waals surface area contributed by atoms with E-state index in [0.29, 0.717) is 39.2 Å². The first-order valence-corrected chi connectivity index (χ1v) is 7.08. The highest BCUT2D eigenvalue weighted by Crippen LogP contribution is 2.17. The van der Waals surface area contributed by atoms with Gasteiger partial charge in [0.2, 0.25) is 0 Å². The van der Waals surface area contributed by atoms with Crippen LogP contribution < -0.4 is 10.5 Å². The number of piperazine rings is 1. The molecular formula is C15H21N3O3. The van der Waals surface area contributed by atoms with Gasteiger partial charge >= 0.3 is 11.8 Å². The molecule has 1 saturated heterocycles. The monoisotopic (exact) mass is 291 g/mol. The second kappa shape index (κ2) is 7.08. The number of nitrogens with zero attached hydrogens (tertiary/aromatic N) is 2. The predicted octanol–water partition coefficient (Wildman–Crippen LogP) is 0.215. The van der Waals surface area contributed by atoms with Crippen LogP contribution in [-0.4, -0.2) is 54.9 Å². The molecule has 1 heterocycles. The fourth-order valence-electron chi connectivity index (χ4n) is 2.24. The quantitative estimate of drug-likeness (QED) is 0.601. The smallest absolute Gasteiger partial charge is 0.312 e. The minimum atomic E-state index is -0.435. The Balaban J connectivity index is 1.77. The number of hydrogen-bond acceptors (Lipinski definition) is 4. The van der Waals surface area contributed by atoms with E-state index in [1.807, 2.05) is 24.3 Å². The number of ether oxygens (including phenoxy) is 1. The molecule has 2 rings (SSSR count). The van der Waals surface area contributed by atoms with Crippen molar-refractivity contribution < 1.29 is 14.3 Å². The van der Waals surface area contributed by atoms with Crippen molar-refractivity contribution >= 4 is 11.8 Å². The zero-order valence-electron chi connectivity index (χ0n) is 12.2. The van der Waals surface area contributed by atoms with Gasteiger partial charge in [0.25, 0.3) is 0 Å². The van der Waals surface area contributed by atoms with Gasteiger partial charge < -0.3 is 20.3 Å². The molecule has 2 amide bonds. The molecule has 1 aliphatic rings. The van der Waals surface area contributed by atoms with E-state index in [1.165, 1.54) is 4.90 Å². The van der Waals surface area contributed by atoms with Crippen molar-refractivity contribution in [3.8, 4) is 5.75 Å². The Bertz CT molecular complexity index is 519. The van der Waals surface area contributed by atoms with Crippen molar-refractivity contribution in [2.45, 2.75) is 13.0 Å². The van der Waals surface area contributed by atoms with Crippen molar-refractivity contribution in [1.82, 2.24) is 9.80 Å². The molecule has 0 aliphatic carbocycles. The lowest BCUT2D eigenvalue weighted by Gasteiger charge is -2.31. The van der Waals surface area contributed by atoms with Gasteiger partial charge in [-0.3, -0.25) is 9.59 Å². The minimum absolute atomic E-state index is 0.425. The van der Waals surface area contributed by atoms with Gasteiger partial charge in [0.1, 0.15) is 5.75 Å². The fraction of sp³-hybridized carbons (Fsp3) is 0.467. The molecule has 6 nitrogen and oxygen atoms in total. The molecule has 0 spiro atoms. The third-order valence-electron chi connectivity index (χ3n) is 3.54. The minimum Gasteiger partial charge on any atom is -0.493 e. The van der Waals surface area contributed by atoms with E-state index >= 15 is 0 Å². The van der Waals surface area contributed by atoms with E-state index in [9.17, 15) is 9.59 Å². The molecule has 6 heteroatoms. The van der Waals surface area contributed by atoms with Crippen LogP contribution in [0.4, 0.5) is 0 Å². The number of carbonyl (C=O) groups excluding carboxylic acids is 2. The highest BCUT2D eigenvalue weighted by Gasteiger charge is 2.29. The summed E-state index contributed by atoms with van der Waals surface area (Å²) in [7, 11) is 1.64. The SMILES string of the molecule is CN1CCN(CCCOc2ccccc2CN)C(=O)C1=O. The number of nitrogens with two attached hydrogens (primary N) is 1. The Morgan fingerprint density at radius 3 is 2.71 bits per heavy atom. The summed E-state index contributed by atoms with van der Waals surface area (Å²) in [4.78, 5) is 26.4. The lowest BCUT2D eigenvalue weighted by Crippen LogP contribution is -2.53. The van der Waals surface area contributed by atoms with Crippen molar-refractivity contribution in [2.75, 3.05) is 33.3 Å². The van der Waals surface area contributed by atoms with Crippen LogP contribution in [0.25, 0.3) is 0 Å². The second-order valence-electron chi connectivity index (χ2n) is 5.03. The first kappa shape index (κ1) is 15.3. The summed E-state index contributed by atoms with van der Waals surface area (Å²) in [5.74, 6) is -0.0810. The highest BCUT2D eigenvalue weighted by atomic mass is 16.5. The zero-order chi connectivity index (χ0) is 15.2. The number of carbonyl (C=O) groups is 2. The van der Waals surface area contributed by atoms with Gasteiger partial charge in [-0.05, 0) is 12.5 Å². The van der Waals surface area contributed by atoms with Crippen LogP contribution in [0, 0.1) is 0 Å². The molecule has 0 bridgehead atoms. The largest absolute Gasteiger partial charge is 0.493 e. The van der Waals surface area contributed by atoms with Crippen LogP contribution in [0.3, 0.4) is 0 Å². The van der Waals surface area contributed by atoms with E-state index < -0.39 is 11.8 Å². The van der Waals surface area contributed by atoms with E-state index in [2.05, 4.69) is 0 Å². The first-order valence-electron chi connectivity index (χ1n) is 7.08. The Morgan fingerprint density at radius 1 is 1.19 bits per heavy atom. The van der Waals surface area contributed by atoms with Gasteiger partial charge in [0, 0.05) is 38.8 Å². The Kier molecular flexibility index (Phi) is 5.16. The lowest BCUT2D eigenvalue weighted by atomic mass is 10.2. The number of amides is 2. The van der Waals surface area contributed by atoms with Crippen LogP contribution in [0.2, 0.25) is 0 Å². The zero-order valence-corrected chi connectivity index (χ0v) is 12.2. The first-order chi connectivity index (χ1) is 10.1. The van der Waals surface area contributed by atoms with Crippen LogP contribution in [0.5, 0.6) is 5.75 Å². The van der Waals surface area contributed by atoms with Crippen LogP contribution in [-0.2, 0) is 16.1 Å². The Hall–Kier alpha value is -2.08. The standard InChI is InChI=1S/C15H21N3O3/c1-17-8-9-18(15(20)14(17)19)7-4-10-21-13-6-3-2-5-12(13)11-16/h2-3,5-6H,4,7-11,16H2,1H3. The number of hydrogen-bond donors (Lipinski definition) is 1. The Labute approximate surface area is 124 Å². The fourth-order valence-corrected chi connectivity index (χ4v) is 2.24. The molecule has 0 radical (unpaired) electrons. The molecule has 0 unspecified atom stereocenters. The summed E-state index contributed by atoms with van der Waals surface area (Å²) in [5.41, 5.74) is 6.60. The topological polar surface area (TPSA) is 75.9 Å². The summed E-state index contributed by atoms with van der Waals surface area (Å²) in [6, 6.07) is 7.63. The van der Waals surface area contributed by atoms with Crippen LogP contribution in [0.1, 0.15) is 12.0 Å². The number of para-hydroxylation sites is 1. The van der Waals surface area contributed by atoms with Crippen molar-refractivity contribution in [1.29, 1.82) is 0 Å². The van der Waals surface area contributed by atoms with Gasteiger partial charge in [-0.2, -0.15) is 0 Å². The summed E-state index contributed by atoms with van der Waals surface area (Å²) < 4.78 is 5.69. The number of likely N-dealkylation sites (N-methyl/N-ethyl adjacent to an activating group) is 1. The number of rotatable bonds is 6. The summed E-state index contributed by atoms with van der Waals surface area (Å²) in [6.45, 7) is 2.62. The molecule has 1 fully saturated rings. The molecule has 1 aromatic rings. The highest BCUT2D eigenvalue weighted by molar-refractivity contribution is 6.35. The number of benzene rings is 1. The predicted molar refractivity (Wildman–Crippen MR) is 78.7 cm³/mol. The summed E-state index contributed by atoms with van der Waals surface area (Å²) >= 11 is 0. The third-order valence-corrected chi connectivity index (χ3v) is 3.54. The maximum Gasteiger partial charge on any atom is 0.312 e. The molecule has 1 aromatic carbocycles. The summed E-state index contributed by atoms with van der Waals surface area (Å²) in [6.07, 6.45) is 0.682. The molecule has 0 aromatic heterocycles. The average molecular weight is 291 g/mol. The third kappa shape index (κ3) is 3.72.